The zero-order chi connectivity index (χ0) is 17.9. The van der Waals surface area contributed by atoms with Gasteiger partial charge in [-0.05, 0) is 37.1 Å². The molecule has 1 atom stereocenters. The van der Waals surface area contributed by atoms with Crippen molar-refractivity contribution < 1.29 is 18.5 Å². The van der Waals surface area contributed by atoms with E-state index in [1.165, 1.54) is 12.3 Å². The van der Waals surface area contributed by atoms with Gasteiger partial charge in [0.25, 0.3) is 5.91 Å². The van der Waals surface area contributed by atoms with Gasteiger partial charge in [0.1, 0.15) is 6.04 Å². The second kappa shape index (κ2) is 6.87. The molecule has 1 aliphatic rings. The van der Waals surface area contributed by atoms with Gasteiger partial charge in [0, 0.05) is 18.3 Å². The Labute approximate surface area is 149 Å². The average Bonchev–Trinajstić information content (AvgIpc) is 3.42. The fourth-order valence-corrected chi connectivity index (χ4v) is 3.09. The number of aromatic nitrogens is 1. The highest BCUT2D eigenvalue weighted by Gasteiger charge is 2.36. The molecule has 3 heterocycles. The number of amides is 2. The van der Waals surface area contributed by atoms with Crippen LogP contribution in [0, 0.1) is 0 Å². The normalized spacial score (nSPS) is 16.6. The van der Waals surface area contributed by atoms with Gasteiger partial charge < -0.3 is 19.2 Å². The minimum atomic E-state index is -0.522. The quantitative estimate of drug-likeness (QED) is 0.780. The molecule has 1 aliphatic heterocycles. The van der Waals surface area contributed by atoms with E-state index in [4.69, 9.17) is 8.94 Å². The largest absolute Gasteiger partial charge is 0.461 e. The summed E-state index contributed by atoms with van der Waals surface area (Å²) in [6, 6.07) is 13.7. The highest BCUT2D eigenvalue weighted by molar-refractivity contribution is 6.01. The van der Waals surface area contributed by atoms with E-state index in [0.717, 1.165) is 6.42 Å². The molecule has 0 bridgehead atoms. The van der Waals surface area contributed by atoms with Crippen LogP contribution in [-0.2, 0) is 4.79 Å². The predicted octanol–water partition coefficient (Wildman–Crippen LogP) is 3.18. The smallest absolute Gasteiger partial charge is 0.276 e. The molecule has 1 saturated heterocycles. The molecular weight excluding hydrogens is 334 g/mol. The number of hydrogen-bond acceptors (Lipinski definition) is 5. The number of carbonyl (C=O) groups excluding carboxylic acids is 2. The molecule has 1 aromatic carbocycles. The summed E-state index contributed by atoms with van der Waals surface area (Å²) in [4.78, 5) is 26.9. The van der Waals surface area contributed by atoms with E-state index in [1.54, 1.807) is 17.0 Å². The predicted molar refractivity (Wildman–Crippen MR) is 93.3 cm³/mol. The standard InChI is InChI=1S/C19H17N3O4/c23-18(20-13-6-2-1-3-7-13)15-8-4-10-22(15)19(24)14-12-17(26-21-14)16-9-5-11-25-16/h1-3,5-7,9,11-12,15H,4,8,10H2,(H,20,23)/t15-/m1/s1. The van der Waals surface area contributed by atoms with Gasteiger partial charge in [-0.15, -0.1) is 0 Å². The number of carbonyl (C=O) groups is 2. The summed E-state index contributed by atoms with van der Waals surface area (Å²) >= 11 is 0. The summed E-state index contributed by atoms with van der Waals surface area (Å²) in [6.07, 6.45) is 2.90. The summed E-state index contributed by atoms with van der Waals surface area (Å²) in [5.41, 5.74) is 0.870. The summed E-state index contributed by atoms with van der Waals surface area (Å²) in [5.74, 6) is 0.355. The van der Waals surface area contributed by atoms with Crippen molar-refractivity contribution in [3.63, 3.8) is 0 Å². The van der Waals surface area contributed by atoms with Crippen molar-refractivity contribution in [2.24, 2.45) is 0 Å². The molecule has 1 fully saturated rings. The number of hydrogen-bond donors (Lipinski definition) is 1. The molecule has 0 aliphatic carbocycles. The van der Waals surface area contributed by atoms with Crippen molar-refractivity contribution in [3.05, 3.63) is 60.5 Å². The Morgan fingerprint density at radius 3 is 2.73 bits per heavy atom. The number of anilines is 1. The van der Waals surface area contributed by atoms with Crippen molar-refractivity contribution >= 4 is 17.5 Å². The van der Waals surface area contributed by atoms with E-state index in [2.05, 4.69) is 10.5 Å². The van der Waals surface area contributed by atoms with Crippen LogP contribution in [0.3, 0.4) is 0 Å². The third-order valence-electron chi connectivity index (χ3n) is 4.35. The van der Waals surface area contributed by atoms with Gasteiger partial charge in [-0.2, -0.15) is 0 Å². The Hall–Kier alpha value is -3.35. The monoisotopic (exact) mass is 351 g/mol. The highest BCUT2D eigenvalue weighted by atomic mass is 16.5. The molecule has 7 heteroatoms. The summed E-state index contributed by atoms with van der Waals surface area (Å²) in [7, 11) is 0. The molecular formula is C19H17N3O4. The molecule has 3 aromatic rings. The fourth-order valence-electron chi connectivity index (χ4n) is 3.09. The van der Waals surface area contributed by atoms with Gasteiger partial charge in [-0.1, -0.05) is 23.4 Å². The first-order valence-electron chi connectivity index (χ1n) is 8.40. The van der Waals surface area contributed by atoms with Crippen LogP contribution in [0.25, 0.3) is 11.5 Å². The lowest BCUT2D eigenvalue weighted by Gasteiger charge is -2.22. The summed E-state index contributed by atoms with van der Waals surface area (Å²) in [6.45, 7) is 0.509. The van der Waals surface area contributed by atoms with Crippen LogP contribution in [0.5, 0.6) is 0 Å². The molecule has 0 unspecified atom stereocenters. The first-order chi connectivity index (χ1) is 12.7. The maximum atomic E-state index is 12.8. The fraction of sp³-hybridized carbons (Fsp3) is 0.211. The number of para-hydroxylation sites is 1. The van der Waals surface area contributed by atoms with Crippen LogP contribution >= 0.6 is 0 Å². The highest BCUT2D eigenvalue weighted by Crippen LogP contribution is 2.25. The summed E-state index contributed by atoms with van der Waals surface area (Å²) in [5, 5.41) is 6.69. The lowest BCUT2D eigenvalue weighted by atomic mass is 10.2. The maximum absolute atomic E-state index is 12.8. The summed E-state index contributed by atoms with van der Waals surface area (Å²) < 4.78 is 10.4. The van der Waals surface area contributed by atoms with Gasteiger partial charge in [0.05, 0.1) is 6.26 Å². The van der Waals surface area contributed by atoms with Gasteiger partial charge in [0.15, 0.2) is 11.5 Å². The van der Waals surface area contributed by atoms with Crippen LogP contribution in [0.4, 0.5) is 5.69 Å². The number of benzene rings is 1. The maximum Gasteiger partial charge on any atom is 0.276 e. The molecule has 2 aromatic heterocycles. The molecule has 7 nitrogen and oxygen atoms in total. The Morgan fingerprint density at radius 2 is 1.96 bits per heavy atom. The minimum absolute atomic E-state index is 0.163. The van der Waals surface area contributed by atoms with E-state index in [0.29, 0.717) is 30.2 Å². The topological polar surface area (TPSA) is 88.6 Å². The number of likely N-dealkylation sites (tertiary alicyclic amines) is 1. The van der Waals surface area contributed by atoms with Crippen molar-refractivity contribution in [1.29, 1.82) is 0 Å². The number of nitrogens with one attached hydrogen (secondary N) is 1. The molecule has 0 spiro atoms. The van der Waals surface area contributed by atoms with Gasteiger partial charge in [0.2, 0.25) is 11.7 Å². The van der Waals surface area contributed by atoms with Crippen molar-refractivity contribution in [1.82, 2.24) is 10.1 Å². The van der Waals surface area contributed by atoms with Crippen LogP contribution < -0.4 is 5.32 Å². The lowest BCUT2D eigenvalue weighted by Crippen LogP contribution is -2.43. The molecule has 1 N–H and O–H groups in total. The van der Waals surface area contributed by atoms with E-state index >= 15 is 0 Å². The number of rotatable bonds is 4. The van der Waals surface area contributed by atoms with Gasteiger partial charge in [-0.25, -0.2) is 0 Å². The van der Waals surface area contributed by atoms with Crippen LogP contribution in [0.1, 0.15) is 23.3 Å². The first kappa shape index (κ1) is 16.1. The second-order valence-electron chi connectivity index (χ2n) is 6.07. The van der Waals surface area contributed by atoms with Crippen molar-refractivity contribution in [2.45, 2.75) is 18.9 Å². The molecule has 26 heavy (non-hydrogen) atoms. The molecule has 0 radical (unpaired) electrons. The van der Waals surface area contributed by atoms with E-state index < -0.39 is 6.04 Å². The van der Waals surface area contributed by atoms with E-state index in [9.17, 15) is 9.59 Å². The van der Waals surface area contributed by atoms with Crippen molar-refractivity contribution in [3.8, 4) is 11.5 Å². The lowest BCUT2D eigenvalue weighted by molar-refractivity contribution is -0.119. The Balaban J connectivity index is 1.49. The third kappa shape index (κ3) is 3.11. The second-order valence-corrected chi connectivity index (χ2v) is 6.07. The molecule has 4 rings (SSSR count). The minimum Gasteiger partial charge on any atom is -0.461 e. The number of furan rings is 1. The van der Waals surface area contributed by atoms with Gasteiger partial charge >= 0.3 is 0 Å². The molecule has 132 valence electrons. The average molecular weight is 351 g/mol. The van der Waals surface area contributed by atoms with Crippen LogP contribution in [-0.4, -0.2) is 34.5 Å². The van der Waals surface area contributed by atoms with Crippen LogP contribution in [0.2, 0.25) is 0 Å². The first-order valence-corrected chi connectivity index (χ1v) is 8.40. The Bertz CT molecular complexity index is 902. The van der Waals surface area contributed by atoms with Gasteiger partial charge in [-0.3, -0.25) is 9.59 Å². The Morgan fingerprint density at radius 1 is 1.12 bits per heavy atom. The zero-order valence-electron chi connectivity index (χ0n) is 13.9. The third-order valence-corrected chi connectivity index (χ3v) is 4.35. The van der Waals surface area contributed by atoms with Crippen LogP contribution in [0.15, 0.2) is 63.7 Å². The Kier molecular flexibility index (Phi) is 4.27. The molecule has 0 saturated carbocycles. The van der Waals surface area contributed by atoms with E-state index in [-0.39, 0.29) is 17.5 Å². The molecule has 2 amide bonds. The zero-order valence-corrected chi connectivity index (χ0v) is 13.9. The van der Waals surface area contributed by atoms with Crippen molar-refractivity contribution in [2.75, 3.05) is 11.9 Å². The SMILES string of the molecule is O=C(Nc1ccccc1)[C@H]1CCCN1C(=O)c1cc(-c2ccco2)on1. The number of nitrogens with zero attached hydrogens (tertiary/aromatic N) is 2. The van der Waals surface area contributed by atoms with E-state index in [1.807, 2.05) is 30.3 Å².